The Morgan fingerprint density at radius 1 is 1.06 bits per heavy atom. The summed E-state index contributed by atoms with van der Waals surface area (Å²) in [7, 11) is 3.13. The molecule has 1 aliphatic heterocycles. The standard InChI is InChI=1S/C25H29NO6/c1-4-5-12-31-24(28)25(10-11-25)15-32-21-18(8-9-20(29-2)22(21)30-3)16-6-7-19-17(13-16)14-26-23(19)27/h6-9,13H,4-5,10-12,14-15H2,1-3H3,(H,26,27). The summed E-state index contributed by atoms with van der Waals surface area (Å²) in [5, 5.41) is 2.84. The van der Waals surface area contributed by atoms with Gasteiger partial charge in [-0.15, -0.1) is 0 Å². The Bertz CT molecular complexity index is 1030. The van der Waals surface area contributed by atoms with Gasteiger partial charge in [-0.3, -0.25) is 9.59 Å². The molecule has 2 aliphatic rings. The van der Waals surface area contributed by atoms with E-state index in [2.05, 4.69) is 12.2 Å². The van der Waals surface area contributed by atoms with E-state index in [-0.39, 0.29) is 18.5 Å². The van der Waals surface area contributed by atoms with Gasteiger partial charge in [-0.2, -0.15) is 0 Å². The highest BCUT2D eigenvalue weighted by atomic mass is 16.5. The van der Waals surface area contributed by atoms with Crippen LogP contribution in [0.1, 0.15) is 48.5 Å². The van der Waals surface area contributed by atoms with Crippen LogP contribution in [0.3, 0.4) is 0 Å². The van der Waals surface area contributed by atoms with E-state index in [1.54, 1.807) is 14.2 Å². The van der Waals surface area contributed by atoms with Crippen molar-refractivity contribution in [2.45, 2.75) is 39.2 Å². The van der Waals surface area contributed by atoms with E-state index in [0.717, 1.165) is 42.4 Å². The van der Waals surface area contributed by atoms with Crippen LogP contribution in [0.2, 0.25) is 0 Å². The van der Waals surface area contributed by atoms with E-state index in [0.29, 0.717) is 36.0 Å². The summed E-state index contributed by atoms with van der Waals surface area (Å²) < 4.78 is 22.8. The van der Waals surface area contributed by atoms with Crippen LogP contribution in [0, 0.1) is 5.41 Å². The fourth-order valence-corrected chi connectivity index (χ4v) is 3.90. The summed E-state index contributed by atoms with van der Waals surface area (Å²) in [5.41, 5.74) is 2.72. The molecule has 170 valence electrons. The Hall–Kier alpha value is -3.22. The first kappa shape index (κ1) is 22.0. The molecule has 2 aromatic carbocycles. The zero-order valence-electron chi connectivity index (χ0n) is 18.8. The molecule has 1 aliphatic carbocycles. The van der Waals surface area contributed by atoms with Gasteiger partial charge in [-0.1, -0.05) is 19.4 Å². The predicted octanol–water partition coefficient (Wildman–Crippen LogP) is 4.12. The number of fused-ring (bicyclic) bond motifs is 1. The lowest BCUT2D eigenvalue weighted by Gasteiger charge is -2.21. The summed E-state index contributed by atoms with van der Waals surface area (Å²) in [6, 6.07) is 9.42. The van der Waals surface area contributed by atoms with Crippen LogP contribution >= 0.6 is 0 Å². The molecule has 1 N–H and O–H groups in total. The third kappa shape index (κ3) is 4.11. The number of benzene rings is 2. The highest BCUT2D eigenvalue weighted by Crippen LogP contribution is 2.50. The Balaban J connectivity index is 1.63. The first-order chi connectivity index (χ1) is 15.5. The second-order valence-corrected chi connectivity index (χ2v) is 8.29. The molecule has 0 unspecified atom stereocenters. The van der Waals surface area contributed by atoms with Crippen molar-refractivity contribution in [1.82, 2.24) is 5.32 Å². The highest BCUT2D eigenvalue weighted by Gasteiger charge is 2.52. The molecule has 7 nitrogen and oxygen atoms in total. The molecular weight excluding hydrogens is 410 g/mol. The van der Waals surface area contributed by atoms with Gasteiger partial charge in [0.15, 0.2) is 11.5 Å². The van der Waals surface area contributed by atoms with Crippen LogP contribution in [0.15, 0.2) is 30.3 Å². The first-order valence-electron chi connectivity index (χ1n) is 11.0. The van der Waals surface area contributed by atoms with Crippen molar-refractivity contribution in [2.24, 2.45) is 5.41 Å². The Morgan fingerprint density at radius 2 is 1.84 bits per heavy atom. The van der Waals surface area contributed by atoms with Gasteiger partial charge in [-0.05, 0) is 54.7 Å². The molecule has 0 bridgehead atoms. The average molecular weight is 440 g/mol. The lowest BCUT2D eigenvalue weighted by atomic mass is 9.99. The number of hydrogen-bond donors (Lipinski definition) is 1. The molecule has 4 rings (SSSR count). The van der Waals surface area contributed by atoms with Crippen LogP contribution in [0.25, 0.3) is 11.1 Å². The van der Waals surface area contributed by atoms with E-state index in [4.69, 9.17) is 18.9 Å². The van der Waals surface area contributed by atoms with Crippen LogP contribution in [0.5, 0.6) is 17.2 Å². The van der Waals surface area contributed by atoms with E-state index in [1.807, 2.05) is 30.3 Å². The minimum Gasteiger partial charge on any atom is -0.493 e. The number of amides is 1. The van der Waals surface area contributed by atoms with Gasteiger partial charge >= 0.3 is 5.97 Å². The summed E-state index contributed by atoms with van der Waals surface area (Å²) >= 11 is 0. The molecule has 0 aromatic heterocycles. The Morgan fingerprint density at radius 3 is 2.53 bits per heavy atom. The smallest absolute Gasteiger partial charge is 0.315 e. The number of nitrogens with one attached hydrogen (secondary N) is 1. The lowest BCUT2D eigenvalue weighted by Crippen LogP contribution is -2.26. The molecule has 7 heteroatoms. The second kappa shape index (κ2) is 9.10. The number of hydrogen-bond acceptors (Lipinski definition) is 6. The molecule has 0 saturated heterocycles. The Kier molecular flexibility index (Phi) is 6.26. The summed E-state index contributed by atoms with van der Waals surface area (Å²) in [6.07, 6.45) is 3.31. The third-order valence-electron chi connectivity index (χ3n) is 6.11. The maximum absolute atomic E-state index is 12.6. The number of carbonyl (C=O) groups excluding carboxylic acids is 2. The van der Waals surface area contributed by atoms with Gasteiger partial charge < -0.3 is 24.3 Å². The zero-order valence-corrected chi connectivity index (χ0v) is 18.8. The van der Waals surface area contributed by atoms with Gasteiger partial charge in [0.2, 0.25) is 5.75 Å². The summed E-state index contributed by atoms with van der Waals surface area (Å²) in [5.74, 6) is 1.26. The van der Waals surface area contributed by atoms with Crippen molar-refractivity contribution in [1.29, 1.82) is 0 Å². The van der Waals surface area contributed by atoms with Crippen molar-refractivity contribution in [3.8, 4) is 28.4 Å². The van der Waals surface area contributed by atoms with Gasteiger partial charge in [0.1, 0.15) is 12.0 Å². The second-order valence-electron chi connectivity index (χ2n) is 8.29. The first-order valence-corrected chi connectivity index (χ1v) is 11.0. The van der Waals surface area contributed by atoms with Gasteiger partial charge in [0.25, 0.3) is 5.91 Å². The van der Waals surface area contributed by atoms with E-state index in [9.17, 15) is 9.59 Å². The van der Waals surface area contributed by atoms with Crippen LogP contribution in [-0.4, -0.2) is 39.3 Å². The topological polar surface area (TPSA) is 83.1 Å². The van der Waals surface area contributed by atoms with E-state index in [1.165, 1.54) is 0 Å². The number of rotatable bonds is 10. The summed E-state index contributed by atoms with van der Waals surface area (Å²) in [6.45, 7) is 3.20. The van der Waals surface area contributed by atoms with Crippen LogP contribution in [-0.2, 0) is 16.1 Å². The fourth-order valence-electron chi connectivity index (χ4n) is 3.90. The number of ether oxygens (including phenoxy) is 4. The third-order valence-corrected chi connectivity index (χ3v) is 6.11. The van der Waals surface area contributed by atoms with Crippen molar-refractivity contribution in [3.63, 3.8) is 0 Å². The predicted molar refractivity (Wildman–Crippen MR) is 119 cm³/mol. The maximum atomic E-state index is 12.6. The normalized spacial score (nSPS) is 15.5. The molecule has 0 spiro atoms. The molecule has 1 saturated carbocycles. The number of esters is 1. The molecular formula is C25H29NO6. The van der Waals surface area contributed by atoms with Crippen LogP contribution in [0.4, 0.5) is 0 Å². The monoisotopic (exact) mass is 439 g/mol. The molecule has 32 heavy (non-hydrogen) atoms. The van der Waals surface area contributed by atoms with Gasteiger partial charge in [0, 0.05) is 17.7 Å². The molecule has 2 aromatic rings. The maximum Gasteiger partial charge on any atom is 0.315 e. The SMILES string of the molecule is CCCCOC(=O)C1(COc2c(-c3ccc4c(c3)CNC4=O)ccc(OC)c2OC)CC1. The van der Waals surface area contributed by atoms with E-state index < -0.39 is 5.41 Å². The fraction of sp³-hybridized carbons (Fsp3) is 0.440. The minimum atomic E-state index is -0.604. The lowest BCUT2D eigenvalue weighted by molar-refractivity contribution is -0.151. The number of unbranched alkanes of at least 4 members (excludes halogenated alkanes) is 1. The van der Waals surface area contributed by atoms with E-state index >= 15 is 0 Å². The van der Waals surface area contributed by atoms with Crippen molar-refractivity contribution >= 4 is 11.9 Å². The van der Waals surface area contributed by atoms with Crippen LogP contribution < -0.4 is 19.5 Å². The zero-order chi connectivity index (χ0) is 22.7. The van der Waals surface area contributed by atoms with Gasteiger partial charge in [0.05, 0.1) is 20.8 Å². The molecule has 0 atom stereocenters. The largest absolute Gasteiger partial charge is 0.493 e. The molecule has 1 heterocycles. The average Bonchev–Trinajstić information content (AvgIpc) is 3.53. The summed E-state index contributed by atoms with van der Waals surface area (Å²) in [4.78, 5) is 24.5. The number of carbonyl (C=O) groups is 2. The minimum absolute atomic E-state index is 0.0624. The van der Waals surface area contributed by atoms with Crippen molar-refractivity contribution in [2.75, 3.05) is 27.4 Å². The van der Waals surface area contributed by atoms with Gasteiger partial charge in [-0.25, -0.2) is 0 Å². The highest BCUT2D eigenvalue weighted by molar-refractivity contribution is 5.99. The quantitative estimate of drug-likeness (QED) is 0.443. The molecule has 0 radical (unpaired) electrons. The van der Waals surface area contributed by atoms with Crippen molar-refractivity contribution < 1.29 is 28.5 Å². The molecule has 1 amide bonds. The Labute approximate surface area is 188 Å². The van der Waals surface area contributed by atoms with Crippen molar-refractivity contribution in [3.05, 3.63) is 41.5 Å². The molecule has 1 fully saturated rings. The number of methoxy groups -OCH3 is 2.